The van der Waals surface area contributed by atoms with E-state index in [1.54, 1.807) is 7.11 Å². The zero-order valence-corrected chi connectivity index (χ0v) is 10.5. The van der Waals surface area contributed by atoms with Crippen molar-refractivity contribution in [1.29, 1.82) is 0 Å². The lowest BCUT2D eigenvalue weighted by Crippen LogP contribution is -2.69. The van der Waals surface area contributed by atoms with Crippen LogP contribution >= 0.6 is 0 Å². The van der Waals surface area contributed by atoms with Gasteiger partial charge in [-0.1, -0.05) is 13.8 Å². The third-order valence-corrected chi connectivity index (χ3v) is 4.35. The van der Waals surface area contributed by atoms with E-state index in [-0.39, 0.29) is 17.4 Å². The summed E-state index contributed by atoms with van der Waals surface area (Å²) in [5.74, 6) is -0.0945. The second-order valence-electron chi connectivity index (χ2n) is 5.36. The van der Waals surface area contributed by atoms with Crippen LogP contribution in [0, 0.1) is 5.41 Å². The van der Waals surface area contributed by atoms with Crippen molar-refractivity contribution in [3.63, 3.8) is 0 Å². The topological polar surface area (TPSA) is 38.8 Å². The van der Waals surface area contributed by atoms with Gasteiger partial charge in [0.05, 0.1) is 13.2 Å². The van der Waals surface area contributed by atoms with Gasteiger partial charge in [0.2, 0.25) is 0 Å². The molecule has 0 spiro atoms. The fourth-order valence-electron chi connectivity index (χ4n) is 3.00. The number of likely N-dealkylation sites (tertiary alicyclic amines) is 1. The summed E-state index contributed by atoms with van der Waals surface area (Å²) in [6.07, 6.45) is 2.27. The van der Waals surface area contributed by atoms with Crippen LogP contribution in [0.5, 0.6) is 0 Å². The number of carbonyl (C=O) groups is 1. The van der Waals surface area contributed by atoms with E-state index < -0.39 is 0 Å². The van der Waals surface area contributed by atoms with Gasteiger partial charge in [0.1, 0.15) is 6.04 Å². The SMILES string of the molecule is COC(=O)C1CCN1C1CC(OC)C1(C)C. The van der Waals surface area contributed by atoms with Crippen LogP contribution in [0.2, 0.25) is 0 Å². The molecule has 0 N–H and O–H groups in total. The van der Waals surface area contributed by atoms with Gasteiger partial charge in [-0.25, -0.2) is 0 Å². The highest BCUT2D eigenvalue weighted by Gasteiger charge is 2.55. The average molecular weight is 227 g/mol. The van der Waals surface area contributed by atoms with Gasteiger partial charge in [0, 0.05) is 25.1 Å². The van der Waals surface area contributed by atoms with E-state index in [0.717, 1.165) is 19.4 Å². The van der Waals surface area contributed by atoms with Crippen molar-refractivity contribution in [3.05, 3.63) is 0 Å². The molecule has 3 atom stereocenters. The minimum absolute atomic E-state index is 0.0212. The highest BCUT2D eigenvalue weighted by atomic mass is 16.5. The number of rotatable bonds is 3. The molecule has 16 heavy (non-hydrogen) atoms. The van der Waals surface area contributed by atoms with Crippen molar-refractivity contribution < 1.29 is 14.3 Å². The van der Waals surface area contributed by atoms with Gasteiger partial charge >= 0.3 is 5.97 Å². The number of carbonyl (C=O) groups excluding carboxylic acids is 1. The Morgan fingerprint density at radius 2 is 2.06 bits per heavy atom. The Balaban J connectivity index is 1.98. The van der Waals surface area contributed by atoms with Crippen molar-refractivity contribution in [3.8, 4) is 0 Å². The number of methoxy groups -OCH3 is 2. The van der Waals surface area contributed by atoms with Crippen LogP contribution in [0.1, 0.15) is 26.7 Å². The van der Waals surface area contributed by atoms with E-state index in [1.165, 1.54) is 7.11 Å². The molecule has 0 aromatic heterocycles. The lowest BCUT2D eigenvalue weighted by Gasteiger charge is -2.59. The van der Waals surface area contributed by atoms with Crippen molar-refractivity contribution in [2.75, 3.05) is 20.8 Å². The lowest BCUT2D eigenvalue weighted by molar-refractivity contribution is -0.182. The van der Waals surface area contributed by atoms with E-state index in [4.69, 9.17) is 9.47 Å². The van der Waals surface area contributed by atoms with Gasteiger partial charge in [-0.2, -0.15) is 0 Å². The summed E-state index contributed by atoms with van der Waals surface area (Å²) in [5.41, 5.74) is 0.140. The van der Waals surface area contributed by atoms with Gasteiger partial charge < -0.3 is 9.47 Å². The molecule has 0 amide bonds. The molecule has 1 aliphatic heterocycles. The van der Waals surface area contributed by atoms with Crippen LogP contribution in [0.3, 0.4) is 0 Å². The maximum Gasteiger partial charge on any atom is 0.323 e. The number of hydrogen-bond donors (Lipinski definition) is 0. The Labute approximate surface area is 96.9 Å². The van der Waals surface area contributed by atoms with E-state index >= 15 is 0 Å². The zero-order valence-electron chi connectivity index (χ0n) is 10.5. The molecule has 92 valence electrons. The number of ether oxygens (including phenoxy) is 2. The second kappa shape index (κ2) is 4.00. The van der Waals surface area contributed by atoms with Crippen molar-refractivity contribution >= 4 is 5.97 Å². The van der Waals surface area contributed by atoms with Crippen molar-refractivity contribution in [2.24, 2.45) is 5.41 Å². The number of nitrogens with zero attached hydrogens (tertiary/aromatic N) is 1. The molecule has 0 aromatic rings. The minimum atomic E-state index is -0.0945. The fraction of sp³-hybridized carbons (Fsp3) is 0.917. The highest BCUT2D eigenvalue weighted by Crippen LogP contribution is 2.48. The molecular formula is C12H21NO3. The Kier molecular flexibility index (Phi) is 2.97. The molecular weight excluding hydrogens is 206 g/mol. The van der Waals surface area contributed by atoms with Crippen LogP contribution in [-0.4, -0.2) is 49.8 Å². The average Bonchev–Trinajstić information content (AvgIpc) is 2.21. The van der Waals surface area contributed by atoms with E-state index in [1.807, 2.05) is 0 Å². The van der Waals surface area contributed by atoms with Crippen LogP contribution in [-0.2, 0) is 14.3 Å². The summed E-state index contributed by atoms with van der Waals surface area (Å²) in [6, 6.07) is 0.433. The maximum atomic E-state index is 11.5. The Morgan fingerprint density at radius 1 is 1.38 bits per heavy atom. The predicted octanol–water partition coefficient (Wildman–Crippen LogP) is 1.05. The molecule has 1 heterocycles. The largest absolute Gasteiger partial charge is 0.468 e. The molecule has 0 radical (unpaired) electrons. The Hall–Kier alpha value is -0.610. The van der Waals surface area contributed by atoms with Gasteiger partial charge in [0.25, 0.3) is 0 Å². The normalized spacial score (nSPS) is 37.4. The standard InChI is InChI=1S/C12H21NO3/c1-12(2)9(7-10(12)15-3)13-6-5-8(13)11(14)16-4/h8-10H,5-7H2,1-4H3. The van der Waals surface area contributed by atoms with Crippen molar-refractivity contribution in [2.45, 2.75) is 44.9 Å². The first kappa shape index (κ1) is 11.9. The van der Waals surface area contributed by atoms with Gasteiger partial charge in [-0.05, 0) is 12.8 Å². The fourth-order valence-corrected chi connectivity index (χ4v) is 3.00. The maximum absolute atomic E-state index is 11.5. The number of esters is 1. The molecule has 1 saturated carbocycles. The third kappa shape index (κ3) is 1.55. The summed E-state index contributed by atoms with van der Waals surface area (Å²) in [6.45, 7) is 5.42. The first-order valence-corrected chi connectivity index (χ1v) is 5.88. The predicted molar refractivity (Wildman–Crippen MR) is 60.1 cm³/mol. The van der Waals surface area contributed by atoms with E-state index in [0.29, 0.717) is 12.1 Å². The summed E-state index contributed by atoms with van der Waals surface area (Å²) in [4.78, 5) is 13.8. The van der Waals surface area contributed by atoms with Crippen molar-refractivity contribution in [1.82, 2.24) is 4.90 Å². The smallest absolute Gasteiger partial charge is 0.323 e. The minimum Gasteiger partial charge on any atom is -0.468 e. The Morgan fingerprint density at radius 3 is 2.44 bits per heavy atom. The molecule has 0 aromatic carbocycles. The summed E-state index contributed by atoms with van der Waals surface area (Å²) >= 11 is 0. The second-order valence-corrected chi connectivity index (χ2v) is 5.36. The first-order valence-electron chi connectivity index (χ1n) is 5.88. The molecule has 2 rings (SSSR count). The third-order valence-electron chi connectivity index (χ3n) is 4.35. The molecule has 0 bridgehead atoms. The van der Waals surface area contributed by atoms with Gasteiger partial charge in [-0.15, -0.1) is 0 Å². The van der Waals surface area contributed by atoms with Crippen LogP contribution in [0.4, 0.5) is 0 Å². The molecule has 4 heteroatoms. The lowest BCUT2D eigenvalue weighted by atomic mass is 9.62. The summed E-state index contributed by atoms with van der Waals surface area (Å²) in [5, 5.41) is 0. The summed E-state index contributed by atoms with van der Waals surface area (Å²) < 4.78 is 10.2. The molecule has 4 nitrogen and oxygen atoms in total. The monoisotopic (exact) mass is 227 g/mol. The zero-order chi connectivity index (χ0) is 11.9. The first-order chi connectivity index (χ1) is 7.52. The van der Waals surface area contributed by atoms with Crippen LogP contribution in [0.15, 0.2) is 0 Å². The quantitative estimate of drug-likeness (QED) is 0.675. The molecule has 2 fully saturated rings. The van der Waals surface area contributed by atoms with E-state index in [2.05, 4.69) is 18.7 Å². The van der Waals surface area contributed by atoms with Crippen LogP contribution < -0.4 is 0 Å². The molecule has 3 unspecified atom stereocenters. The Bertz CT molecular complexity index is 290. The molecule has 2 aliphatic rings. The van der Waals surface area contributed by atoms with Gasteiger partial charge in [0.15, 0.2) is 0 Å². The summed E-state index contributed by atoms with van der Waals surface area (Å²) in [7, 11) is 3.22. The molecule has 1 saturated heterocycles. The number of hydrogen-bond acceptors (Lipinski definition) is 4. The van der Waals surface area contributed by atoms with Gasteiger partial charge in [-0.3, -0.25) is 9.69 Å². The highest BCUT2D eigenvalue weighted by molar-refractivity contribution is 5.76. The van der Waals surface area contributed by atoms with E-state index in [9.17, 15) is 4.79 Å². The molecule has 1 aliphatic carbocycles. The van der Waals surface area contributed by atoms with Crippen LogP contribution in [0.25, 0.3) is 0 Å².